The molecule has 1 aromatic heterocycles. The highest BCUT2D eigenvalue weighted by molar-refractivity contribution is 7.07. The molecule has 16 heavy (non-hydrogen) atoms. The van der Waals surface area contributed by atoms with Crippen LogP contribution in [0.1, 0.15) is 25.3 Å². The number of nitrogens with zero attached hydrogens (tertiary/aromatic N) is 1. The smallest absolute Gasteiger partial charge is 0.0495 e. The van der Waals surface area contributed by atoms with Gasteiger partial charge < -0.3 is 4.74 Å². The first kappa shape index (κ1) is 12.1. The van der Waals surface area contributed by atoms with Gasteiger partial charge in [0.2, 0.25) is 0 Å². The van der Waals surface area contributed by atoms with Gasteiger partial charge in [0.15, 0.2) is 0 Å². The molecule has 1 aliphatic rings. The van der Waals surface area contributed by atoms with Crippen LogP contribution in [-0.2, 0) is 11.3 Å². The van der Waals surface area contributed by atoms with E-state index in [4.69, 9.17) is 4.74 Å². The van der Waals surface area contributed by atoms with E-state index in [1.54, 1.807) is 11.3 Å². The summed E-state index contributed by atoms with van der Waals surface area (Å²) < 4.78 is 5.50. The Morgan fingerprint density at radius 3 is 2.88 bits per heavy atom. The average molecular weight is 239 g/mol. The third kappa shape index (κ3) is 3.58. The van der Waals surface area contributed by atoms with Gasteiger partial charge in [-0.1, -0.05) is 0 Å². The summed E-state index contributed by atoms with van der Waals surface area (Å²) in [5, 5.41) is 4.42. The van der Waals surface area contributed by atoms with Crippen LogP contribution in [0.2, 0.25) is 0 Å². The van der Waals surface area contributed by atoms with E-state index >= 15 is 0 Å². The maximum Gasteiger partial charge on any atom is 0.0495 e. The second kappa shape index (κ2) is 6.38. The van der Waals surface area contributed by atoms with Gasteiger partial charge >= 0.3 is 0 Å². The van der Waals surface area contributed by atoms with Crippen molar-refractivity contribution in [3.8, 4) is 0 Å². The molecule has 1 aromatic rings. The molecule has 0 aliphatic carbocycles. The summed E-state index contributed by atoms with van der Waals surface area (Å²) in [5.41, 5.74) is 1.47. The summed E-state index contributed by atoms with van der Waals surface area (Å²) in [6.07, 6.45) is 2.59. The first-order valence-corrected chi connectivity index (χ1v) is 7.14. The van der Waals surface area contributed by atoms with Gasteiger partial charge in [0, 0.05) is 19.8 Å². The van der Waals surface area contributed by atoms with Crippen molar-refractivity contribution in [2.75, 3.05) is 26.3 Å². The molecule has 0 saturated carbocycles. The van der Waals surface area contributed by atoms with E-state index in [1.165, 1.54) is 31.5 Å². The van der Waals surface area contributed by atoms with E-state index in [9.17, 15) is 0 Å². The van der Waals surface area contributed by atoms with Crippen molar-refractivity contribution < 1.29 is 4.74 Å². The van der Waals surface area contributed by atoms with Crippen LogP contribution in [-0.4, -0.2) is 31.2 Å². The lowest BCUT2D eigenvalue weighted by Crippen LogP contribution is -2.34. The van der Waals surface area contributed by atoms with E-state index < -0.39 is 0 Å². The van der Waals surface area contributed by atoms with Gasteiger partial charge in [-0.25, -0.2) is 0 Å². The molecule has 1 fully saturated rings. The molecular formula is C13H21NOS. The monoisotopic (exact) mass is 239 g/mol. The average Bonchev–Trinajstić information content (AvgIpc) is 2.81. The zero-order chi connectivity index (χ0) is 11.2. The first-order valence-electron chi connectivity index (χ1n) is 6.19. The van der Waals surface area contributed by atoms with Crippen LogP contribution >= 0.6 is 11.3 Å². The minimum absolute atomic E-state index is 0.790. The Kier molecular flexibility index (Phi) is 4.82. The van der Waals surface area contributed by atoms with Crippen LogP contribution in [0.4, 0.5) is 0 Å². The van der Waals surface area contributed by atoms with Gasteiger partial charge in [0.25, 0.3) is 0 Å². The third-order valence-corrected chi connectivity index (χ3v) is 3.98. The number of hydrogen-bond donors (Lipinski definition) is 0. The molecule has 0 bridgehead atoms. The largest absolute Gasteiger partial charge is 0.381 e. The Hall–Kier alpha value is -0.380. The summed E-state index contributed by atoms with van der Waals surface area (Å²) in [6, 6.07) is 2.23. The molecule has 2 rings (SSSR count). The van der Waals surface area contributed by atoms with Gasteiger partial charge in [0.1, 0.15) is 0 Å². The highest BCUT2D eigenvalue weighted by atomic mass is 32.1. The van der Waals surface area contributed by atoms with E-state index in [1.807, 2.05) is 0 Å². The predicted molar refractivity (Wildman–Crippen MR) is 68.8 cm³/mol. The van der Waals surface area contributed by atoms with Gasteiger partial charge in [-0.15, -0.1) is 0 Å². The van der Waals surface area contributed by atoms with E-state index in [2.05, 4.69) is 28.7 Å². The highest BCUT2D eigenvalue weighted by Gasteiger charge is 2.19. The number of hydrogen-bond acceptors (Lipinski definition) is 3. The van der Waals surface area contributed by atoms with Gasteiger partial charge in [-0.3, -0.25) is 4.90 Å². The molecule has 0 spiro atoms. The van der Waals surface area contributed by atoms with Crippen molar-refractivity contribution in [2.45, 2.75) is 26.3 Å². The molecule has 0 aromatic carbocycles. The summed E-state index contributed by atoms with van der Waals surface area (Å²) in [7, 11) is 0. The quantitative estimate of drug-likeness (QED) is 0.783. The summed E-state index contributed by atoms with van der Waals surface area (Å²) in [4.78, 5) is 2.56. The standard InChI is InChI=1S/C13H21NOS/c1-2-15-10-12-3-6-14(7-4-12)9-13-5-8-16-11-13/h5,8,11-12H,2-4,6-7,9-10H2,1H3. The molecule has 0 atom stereocenters. The Morgan fingerprint density at radius 2 is 2.25 bits per heavy atom. The number of rotatable bonds is 5. The fourth-order valence-electron chi connectivity index (χ4n) is 2.24. The molecule has 1 saturated heterocycles. The fraction of sp³-hybridized carbons (Fsp3) is 0.692. The lowest BCUT2D eigenvalue weighted by molar-refractivity contribution is 0.0723. The lowest BCUT2D eigenvalue weighted by atomic mass is 9.97. The second-order valence-corrected chi connectivity index (χ2v) is 5.29. The lowest BCUT2D eigenvalue weighted by Gasteiger charge is -2.31. The van der Waals surface area contributed by atoms with Gasteiger partial charge in [-0.05, 0) is 61.2 Å². The maximum absolute atomic E-state index is 5.50. The summed E-state index contributed by atoms with van der Waals surface area (Å²) in [5.74, 6) is 0.790. The Balaban J connectivity index is 1.69. The van der Waals surface area contributed by atoms with Gasteiger partial charge in [0.05, 0.1) is 0 Å². The molecule has 0 amide bonds. The van der Waals surface area contributed by atoms with E-state index in [0.717, 1.165) is 25.7 Å². The first-order chi connectivity index (χ1) is 7.88. The molecule has 2 heterocycles. The number of likely N-dealkylation sites (tertiary alicyclic amines) is 1. The minimum Gasteiger partial charge on any atom is -0.381 e. The molecular weight excluding hydrogens is 218 g/mol. The zero-order valence-corrected chi connectivity index (χ0v) is 10.8. The molecule has 0 radical (unpaired) electrons. The maximum atomic E-state index is 5.50. The van der Waals surface area contributed by atoms with Gasteiger partial charge in [-0.2, -0.15) is 11.3 Å². The minimum atomic E-state index is 0.790. The molecule has 1 aliphatic heterocycles. The van der Waals surface area contributed by atoms with Crippen LogP contribution in [0.5, 0.6) is 0 Å². The summed E-state index contributed by atoms with van der Waals surface area (Å²) in [6.45, 7) is 7.48. The van der Waals surface area contributed by atoms with E-state index in [0.29, 0.717) is 0 Å². The topological polar surface area (TPSA) is 12.5 Å². The van der Waals surface area contributed by atoms with Crippen molar-refractivity contribution >= 4 is 11.3 Å². The SMILES string of the molecule is CCOCC1CCN(Cc2ccsc2)CC1. The molecule has 90 valence electrons. The van der Waals surface area contributed by atoms with Crippen LogP contribution in [0.3, 0.4) is 0 Å². The van der Waals surface area contributed by atoms with Crippen LogP contribution in [0, 0.1) is 5.92 Å². The molecule has 0 N–H and O–H groups in total. The second-order valence-electron chi connectivity index (χ2n) is 4.51. The van der Waals surface area contributed by atoms with E-state index in [-0.39, 0.29) is 0 Å². The number of thiophene rings is 1. The van der Waals surface area contributed by atoms with Crippen molar-refractivity contribution in [3.63, 3.8) is 0 Å². The Morgan fingerprint density at radius 1 is 1.44 bits per heavy atom. The third-order valence-electron chi connectivity index (χ3n) is 3.25. The number of piperidine rings is 1. The van der Waals surface area contributed by atoms with Crippen molar-refractivity contribution in [3.05, 3.63) is 22.4 Å². The number of ether oxygens (including phenoxy) is 1. The van der Waals surface area contributed by atoms with Crippen LogP contribution < -0.4 is 0 Å². The van der Waals surface area contributed by atoms with Crippen molar-refractivity contribution in [2.24, 2.45) is 5.92 Å². The predicted octanol–water partition coefficient (Wildman–Crippen LogP) is 3.00. The van der Waals surface area contributed by atoms with Crippen molar-refractivity contribution in [1.29, 1.82) is 0 Å². The van der Waals surface area contributed by atoms with Crippen LogP contribution in [0.15, 0.2) is 16.8 Å². The fourth-order valence-corrected chi connectivity index (χ4v) is 2.90. The van der Waals surface area contributed by atoms with Crippen LogP contribution in [0.25, 0.3) is 0 Å². The zero-order valence-electron chi connectivity index (χ0n) is 10.0. The molecule has 2 nitrogen and oxygen atoms in total. The highest BCUT2D eigenvalue weighted by Crippen LogP contribution is 2.19. The Labute approximate surface area is 102 Å². The normalized spacial score (nSPS) is 19.1. The summed E-state index contributed by atoms with van der Waals surface area (Å²) >= 11 is 1.79. The Bertz CT molecular complexity index is 278. The molecule has 0 unspecified atom stereocenters. The molecule has 3 heteroatoms. The van der Waals surface area contributed by atoms with Crippen molar-refractivity contribution in [1.82, 2.24) is 4.90 Å².